The van der Waals surface area contributed by atoms with Crippen molar-refractivity contribution in [3.63, 3.8) is 0 Å². The first-order valence-corrected chi connectivity index (χ1v) is 19.5. The van der Waals surface area contributed by atoms with E-state index in [0.29, 0.717) is 11.7 Å². The second-order valence-corrected chi connectivity index (χ2v) is 14.9. The van der Waals surface area contributed by atoms with E-state index in [9.17, 15) is 25.0 Å². The van der Waals surface area contributed by atoms with Crippen LogP contribution in [0.4, 0.5) is 17.1 Å². The smallest absolute Gasteiger partial charge is 0.857 e. The van der Waals surface area contributed by atoms with Gasteiger partial charge in [0, 0.05) is 126 Å². The van der Waals surface area contributed by atoms with E-state index in [4.69, 9.17) is 10.8 Å². The molecule has 3 aromatic heterocycles. The minimum absolute atomic E-state index is 0. The Morgan fingerprint density at radius 2 is 1.25 bits per heavy atom. The van der Waals surface area contributed by atoms with Gasteiger partial charge in [-0.1, -0.05) is 13.5 Å². The van der Waals surface area contributed by atoms with E-state index in [0.717, 1.165) is 85.6 Å². The van der Waals surface area contributed by atoms with Gasteiger partial charge in [-0.25, -0.2) is 0 Å². The Kier molecular flexibility index (Phi) is 19.6. The van der Waals surface area contributed by atoms with Gasteiger partial charge in [-0.2, -0.15) is 7.11 Å². The topological polar surface area (TPSA) is 210 Å². The number of likely N-dealkylation sites (N-methyl/N-ethyl adjacent to an activating group) is 1. The van der Waals surface area contributed by atoms with Crippen LogP contribution in [0.5, 0.6) is 0 Å². The number of nitrogens with zero attached hydrogens (tertiary/aromatic N) is 5. The molecule has 5 N–H and O–H groups in total. The summed E-state index contributed by atoms with van der Waals surface area (Å²) in [6.45, 7) is 6.25. The van der Waals surface area contributed by atoms with Crippen LogP contribution in [0.1, 0.15) is 56.6 Å². The number of nitrogen functional groups attached to an aromatic ring is 1. The molecule has 0 bridgehead atoms. The molecule has 0 amide bonds. The van der Waals surface area contributed by atoms with Gasteiger partial charge in [-0.05, 0) is 107 Å². The molecule has 0 atom stereocenters. The fourth-order valence-corrected chi connectivity index (χ4v) is 7.34. The Hall–Kier alpha value is -4.87. The summed E-state index contributed by atoms with van der Waals surface area (Å²) in [5.41, 5.74) is 13.9. The van der Waals surface area contributed by atoms with Crippen LogP contribution in [-0.4, -0.2) is 113 Å². The van der Waals surface area contributed by atoms with Gasteiger partial charge >= 0.3 is 29.6 Å². The molecule has 0 spiro atoms. The Morgan fingerprint density at radius 3 is 1.87 bits per heavy atom. The summed E-state index contributed by atoms with van der Waals surface area (Å²) in [6, 6.07) is 17.6. The molecule has 0 aliphatic carbocycles. The second-order valence-electron chi connectivity index (χ2n) is 14.9. The summed E-state index contributed by atoms with van der Waals surface area (Å²) in [5.74, 6) is 1.10. The van der Waals surface area contributed by atoms with Crippen LogP contribution in [0.15, 0.2) is 85.3 Å². The van der Waals surface area contributed by atoms with E-state index in [1.54, 1.807) is 30.5 Å². The average Bonchev–Trinajstić information content (AvgIpc) is 3.99. The number of carbonyl (C=O) groups excluding carboxylic acids is 1. The number of benzene rings is 3. The number of nitro groups is 2. The van der Waals surface area contributed by atoms with E-state index in [1.807, 2.05) is 25.4 Å². The molecule has 6 aromatic rings. The first kappa shape index (κ1) is 49.5. The number of H-pyrrole nitrogens is 3. The summed E-state index contributed by atoms with van der Waals surface area (Å²) in [6.07, 6.45) is 13.1. The van der Waals surface area contributed by atoms with E-state index >= 15 is 0 Å². The van der Waals surface area contributed by atoms with E-state index in [2.05, 4.69) is 68.2 Å². The molecule has 2 saturated heterocycles. The zero-order valence-electron chi connectivity index (χ0n) is 34.7. The van der Waals surface area contributed by atoms with Gasteiger partial charge < -0.3 is 40.5 Å². The molecule has 60 heavy (non-hydrogen) atoms. The quantitative estimate of drug-likeness (QED) is 0.0856. The van der Waals surface area contributed by atoms with E-state index in [-0.39, 0.29) is 53.3 Å². The fourth-order valence-electron chi connectivity index (χ4n) is 7.34. The van der Waals surface area contributed by atoms with E-state index < -0.39 is 4.92 Å². The maximum absolute atomic E-state index is 10.9. The van der Waals surface area contributed by atoms with Crippen molar-refractivity contribution in [1.82, 2.24) is 29.7 Å². The van der Waals surface area contributed by atoms with Crippen LogP contribution in [0.25, 0.3) is 38.3 Å². The molecule has 316 valence electrons. The molecule has 3 aromatic carbocycles. The van der Waals surface area contributed by atoms with Crippen molar-refractivity contribution in [2.45, 2.75) is 45.4 Å². The molecule has 9 rings (SSSR count). The average molecular weight is 832 g/mol. The maximum atomic E-state index is 10.9. The molecular formula is C44H58N9NaO6. The molecule has 3 aliphatic rings. The number of piperidine rings is 2. The van der Waals surface area contributed by atoms with Gasteiger partial charge in [-0.15, -0.1) is 0 Å². The first-order chi connectivity index (χ1) is 27.9. The molecule has 15 nitrogen and oxygen atoms in total. The number of nitrogens with two attached hydrogens (primary N) is 1. The van der Waals surface area contributed by atoms with Crippen molar-refractivity contribution >= 4 is 61.1 Å². The van der Waals surface area contributed by atoms with Crippen molar-refractivity contribution in [1.29, 1.82) is 0 Å². The van der Waals surface area contributed by atoms with E-state index in [1.165, 1.54) is 60.1 Å². The third-order valence-corrected chi connectivity index (χ3v) is 10.8. The van der Waals surface area contributed by atoms with Gasteiger partial charge in [0.25, 0.3) is 11.4 Å². The monoisotopic (exact) mass is 831 g/mol. The predicted molar refractivity (Wildman–Crippen MR) is 237 cm³/mol. The number of fused-ring (bicyclic) bond motifs is 3. The number of anilines is 1. The Balaban J connectivity index is 0.000000216. The largest absolute Gasteiger partial charge is 1.00 e. The van der Waals surface area contributed by atoms with Crippen LogP contribution in [0, 0.1) is 20.2 Å². The van der Waals surface area contributed by atoms with Crippen LogP contribution in [0.3, 0.4) is 0 Å². The van der Waals surface area contributed by atoms with Crippen molar-refractivity contribution < 1.29 is 49.3 Å². The molecule has 3 aliphatic heterocycles. The SMILES string of the molecule is C.CN1CC=C(c2c[nH]c3ccc([N+](=O)[O-])cc23)CC1.CN1CCC(=O)CC1.CN1CCC(c2c[nH]c3ccc(N)cc23)CC1.C[O-].O=[N+]([O-])c1ccc2[nH]ccc2c1.[Na+]. The molecule has 16 heteroatoms. The van der Waals surface area contributed by atoms with Gasteiger partial charge in [-0.3, -0.25) is 25.0 Å². The number of carbonyl (C=O) groups is 1. The van der Waals surface area contributed by atoms with Gasteiger partial charge in [0.2, 0.25) is 0 Å². The first-order valence-electron chi connectivity index (χ1n) is 19.5. The maximum Gasteiger partial charge on any atom is 1.00 e. The van der Waals surface area contributed by atoms with Gasteiger partial charge in [0.1, 0.15) is 5.78 Å². The summed E-state index contributed by atoms with van der Waals surface area (Å²) in [4.78, 5) is 47.4. The minimum Gasteiger partial charge on any atom is -0.857 e. The summed E-state index contributed by atoms with van der Waals surface area (Å²) in [7, 11) is 7.09. The number of likely N-dealkylation sites (tertiary alicyclic amines) is 2. The number of nitrogens with one attached hydrogen (secondary N) is 3. The van der Waals surface area contributed by atoms with Crippen molar-refractivity contribution in [3.8, 4) is 0 Å². The standard InChI is InChI=1S/C14H15N3O2.C14H19N3.C8H6N2O2.C6H11NO.CH3O.CH4.Na/c1-16-6-4-10(5-7-16)13-9-15-14-3-2-11(17(18)19)8-12(13)14;1-17-6-4-10(5-7-17)13-9-16-14-3-2-11(15)8-12(13)14;11-10(12)7-1-2-8-6(5-7)3-4-9-8;1-7-4-2-6(8)3-5-7;1-2;;/h2-4,8-9,15H,5-7H2,1H3;2-3,8-10,16H,4-7,15H2,1H3;1-5,9H;2-5H2,1H3;1H3;1H4;/q;;;;-1;;+1. The number of aromatic nitrogens is 3. The zero-order chi connectivity index (χ0) is 41.8. The van der Waals surface area contributed by atoms with Crippen molar-refractivity contribution in [2.24, 2.45) is 0 Å². The number of hydrogen-bond acceptors (Lipinski definition) is 10. The number of nitro benzene ring substituents is 2. The number of rotatable bonds is 4. The van der Waals surface area contributed by atoms with Crippen LogP contribution >= 0.6 is 0 Å². The Bertz CT molecular complexity index is 2330. The fraction of sp³-hybridized carbons (Fsp3) is 0.386. The third kappa shape index (κ3) is 13.3. The Labute approximate surface area is 373 Å². The van der Waals surface area contributed by atoms with Crippen LogP contribution in [-0.2, 0) is 4.79 Å². The van der Waals surface area contributed by atoms with Crippen molar-refractivity contribution in [2.75, 3.05) is 73.3 Å². The summed E-state index contributed by atoms with van der Waals surface area (Å²) >= 11 is 0. The number of ketones is 1. The molecular weight excluding hydrogens is 774 g/mol. The van der Waals surface area contributed by atoms with Crippen LogP contribution < -0.4 is 40.4 Å². The van der Waals surface area contributed by atoms with Gasteiger partial charge in [0.05, 0.1) is 9.85 Å². The number of Topliss-reactive ketones (excluding diaryl/α,β-unsaturated/α-hetero) is 1. The summed E-state index contributed by atoms with van der Waals surface area (Å²) in [5, 5.41) is 32.6. The Morgan fingerprint density at radius 1 is 0.683 bits per heavy atom. The normalized spacial score (nSPS) is 15.9. The van der Waals surface area contributed by atoms with Gasteiger partial charge in [0.15, 0.2) is 0 Å². The minimum atomic E-state index is -0.396. The van der Waals surface area contributed by atoms with Crippen molar-refractivity contribution in [3.05, 3.63) is 117 Å². The molecule has 0 saturated carbocycles. The molecule has 6 heterocycles. The molecule has 0 unspecified atom stereocenters. The number of hydrogen-bond donors (Lipinski definition) is 4. The second kappa shape index (κ2) is 23.8. The third-order valence-electron chi connectivity index (χ3n) is 10.8. The van der Waals surface area contributed by atoms with Crippen LogP contribution in [0.2, 0.25) is 0 Å². The summed E-state index contributed by atoms with van der Waals surface area (Å²) < 4.78 is 0. The predicted octanol–water partition coefficient (Wildman–Crippen LogP) is 4.33. The number of non-ortho nitro benzene ring substituents is 2. The molecule has 2 fully saturated rings. The number of aromatic amines is 3. The molecule has 0 radical (unpaired) electrons. The zero-order valence-corrected chi connectivity index (χ0v) is 36.7.